The number of anilines is 1. The summed E-state index contributed by atoms with van der Waals surface area (Å²) in [6.45, 7) is -0.384. The van der Waals surface area contributed by atoms with Gasteiger partial charge in [0.05, 0.1) is 17.4 Å². The van der Waals surface area contributed by atoms with Crippen LogP contribution in [0.4, 0.5) is 5.69 Å². The fourth-order valence-corrected chi connectivity index (χ4v) is 3.50. The van der Waals surface area contributed by atoms with Crippen molar-refractivity contribution in [3.05, 3.63) is 76.3 Å². The van der Waals surface area contributed by atoms with Gasteiger partial charge in [-0.05, 0) is 49.2 Å². The van der Waals surface area contributed by atoms with Crippen LogP contribution >= 0.6 is 15.9 Å². The molecule has 0 saturated carbocycles. The lowest BCUT2D eigenvalue weighted by Gasteiger charge is -2.24. The Balaban J connectivity index is 1.55. The number of amides is 1. The van der Waals surface area contributed by atoms with Crippen molar-refractivity contribution in [1.82, 2.24) is 0 Å². The van der Waals surface area contributed by atoms with E-state index in [4.69, 9.17) is 4.74 Å². The summed E-state index contributed by atoms with van der Waals surface area (Å²) < 4.78 is 5.91. The smallest absolute Gasteiger partial charge is 0.338 e. The van der Waals surface area contributed by atoms with Crippen molar-refractivity contribution in [1.29, 1.82) is 0 Å². The quantitative estimate of drug-likeness (QED) is 0.347. The van der Waals surface area contributed by atoms with E-state index in [1.165, 1.54) is 24.3 Å². The number of benzene rings is 2. The molecule has 31 heavy (non-hydrogen) atoms. The fourth-order valence-electron chi connectivity index (χ4n) is 3.24. The average molecular weight is 486 g/mol. The van der Waals surface area contributed by atoms with Gasteiger partial charge in [-0.2, -0.15) is 0 Å². The van der Waals surface area contributed by atoms with E-state index >= 15 is 0 Å². The summed E-state index contributed by atoms with van der Waals surface area (Å²) in [4.78, 5) is 48.2. The molecule has 0 radical (unpaired) electrons. The van der Waals surface area contributed by atoms with Gasteiger partial charge in [0.15, 0.2) is 12.4 Å². The normalized spacial score (nSPS) is 17.6. The van der Waals surface area contributed by atoms with Crippen LogP contribution in [-0.2, 0) is 14.3 Å². The Hall–Kier alpha value is -3.26. The second-order valence-corrected chi connectivity index (χ2v) is 7.98. The lowest BCUT2D eigenvalue weighted by molar-refractivity contribution is -0.146. The van der Waals surface area contributed by atoms with Crippen molar-refractivity contribution in [2.45, 2.75) is 12.8 Å². The molecule has 0 unspecified atom stereocenters. The molecule has 7 nitrogen and oxygen atoms in total. The van der Waals surface area contributed by atoms with Crippen LogP contribution in [0.15, 0.2) is 65.2 Å². The molecule has 1 amide bonds. The van der Waals surface area contributed by atoms with E-state index in [1.807, 2.05) is 0 Å². The largest absolute Gasteiger partial charge is 0.481 e. The minimum absolute atomic E-state index is 0.227. The van der Waals surface area contributed by atoms with Gasteiger partial charge in [-0.3, -0.25) is 14.4 Å². The SMILES string of the molecule is O=C(COC(=O)c1ccc(NC(=O)[C@@H]2CC=CC[C@@H]2C(=O)O)cc1)c1ccc(Br)cc1. The van der Waals surface area contributed by atoms with Crippen LogP contribution in [0.1, 0.15) is 33.6 Å². The lowest BCUT2D eigenvalue weighted by Crippen LogP contribution is -2.34. The van der Waals surface area contributed by atoms with Gasteiger partial charge >= 0.3 is 11.9 Å². The zero-order valence-corrected chi connectivity index (χ0v) is 18.0. The van der Waals surface area contributed by atoms with E-state index in [9.17, 15) is 24.3 Å². The minimum atomic E-state index is -1.000. The number of Topliss-reactive ketones (excluding diaryl/α,β-unsaturated/α-hetero) is 1. The molecule has 2 atom stereocenters. The molecule has 2 aromatic carbocycles. The second kappa shape index (κ2) is 10.2. The number of rotatable bonds is 7. The Bertz CT molecular complexity index is 1010. The highest BCUT2D eigenvalue weighted by Gasteiger charge is 2.33. The molecule has 8 heteroatoms. The molecule has 3 rings (SSSR count). The number of hydrogen-bond acceptors (Lipinski definition) is 5. The number of carbonyl (C=O) groups excluding carboxylic acids is 3. The first-order chi connectivity index (χ1) is 14.8. The highest BCUT2D eigenvalue weighted by molar-refractivity contribution is 9.10. The first-order valence-electron chi connectivity index (χ1n) is 9.60. The van der Waals surface area contributed by atoms with Crippen molar-refractivity contribution in [2.24, 2.45) is 11.8 Å². The number of esters is 1. The van der Waals surface area contributed by atoms with Crippen LogP contribution in [-0.4, -0.2) is 35.3 Å². The zero-order valence-electron chi connectivity index (χ0n) is 16.4. The number of ketones is 1. The van der Waals surface area contributed by atoms with E-state index in [0.717, 1.165) is 4.47 Å². The number of allylic oxidation sites excluding steroid dienone is 2. The Labute approximate surface area is 187 Å². The minimum Gasteiger partial charge on any atom is -0.481 e. The van der Waals surface area contributed by atoms with Gasteiger partial charge in [0.25, 0.3) is 0 Å². The number of ether oxygens (including phenoxy) is 1. The molecule has 0 bridgehead atoms. The van der Waals surface area contributed by atoms with E-state index < -0.39 is 23.8 Å². The van der Waals surface area contributed by atoms with Gasteiger partial charge in [-0.1, -0.05) is 40.2 Å². The average Bonchev–Trinajstić information content (AvgIpc) is 2.78. The van der Waals surface area contributed by atoms with Crippen molar-refractivity contribution in [2.75, 3.05) is 11.9 Å². The second-order valence-electron chi connectivity index (χ2n) is 7.07. The number of carboxylic acids is 1. The number of carboxylic acid groups (broad SMARTS) is 1. The van der Waals surface area contributed by atoms with Crippen LogP contribution in [0.25, 0.3) is 0 Å². The number of aliphatic carboxylic acids is 1. The summed E-state index contributed by atoms with van der Waals surface area (Å²) in [7, 11) is 0. The first-order valence-corrected chi connectivity index (χ1v) is 10.4. The summed E-state index contributed by atoms with van der Waals surface area (Å²) >= 11 is 3.29. The number of hydrogen-bond donors (Lipinski definition) is 2. The van der Waals surface area contributed by atoms with Crippen LogP contribution in [0.5, 0.6) is 0 Å². The molecule has 2 aromatic rings. The number of carbonyl (C=O) groups is 4. The third kappa shape index (κ3) is 5.88. The summed E-state index contributed by atoms with van der Waals surface area (Å²) in [5, 5.41) is 12.0. The molecular formula is C23H20BrNO6. The van der Waals surface area contributed by atoms with Crippen LogP contribution < -0.4 is 5.32 Å². The van der Waals surface area contributed by atoms with Crippen molar-refractivity contribution < 1.29 is 29.0 Å². The fraction of sp³-hybridized carbons (Fsp3) is 0.217. The first kappa shape index (κ1) is 22.4. The van der Waals surface area contributed by atoms with Gasteiger partial charge in [-0.15, -0.1) is 0 Å². The lowest BCUT2D eigenvalue weighted by atomic mass is 9.82. The highest BCUT2D eigenvalue weighted by Crippen LogP contribution is 2.27. The Kier molecular flexibility index (Phi) is 7.36. The predicted molar refractivity (Wildman–Crippen MR) is 117 cm³/mol. The number of nitrogens with one attached hydrogen (secondary N) is 1. The summed E-state index contributed by atoms with van der Waals surface area (Å²) in [6.07, 6.45) is 4.25. The topological polar surface area (TPSA) is 110 Å². The standard InChI is InChI=1S/C23H20BrNO6/c24-16-9-5-14(6-10-16)20(26)13-31-23(30)15-7-11-17(12-8-15)25-21(27)18-3-1-2-4-19(18)22(28)29/h1-2,5-12,18-19H,3-4,13H2,(H,25,27)(H,28,29)/t18-,19+/m1/s1. The molecule has 0 aliphatic heterocycles. The van der Waals surface area contributed by atoms with Crippen molar-refractivity contribution >= 4 is 45.2 Å². The van der Waals surface area contributed by atoms with E-state index in [2.05, 4.69) is 21.2 Å². The Morgan fingerprint density at radius 1 is 0.903 bits per heavy atom. The molecule has 160 valence electrons. The predicted octanol–water partition coefficient (Wildman–Crippen LogP) is 4.09. The third-order valence-electron chi connectivity index (χ3n) is 4.98. The van der Waals surface area contributed by atoms with Crippen LogP contribution in [0.3, 0.4) is 0 Å². The van der Waals surface area contributed by atoms with Gasteiger partial charge in [0.1, 0.15) is 0 Å². The molecule has 1 aliphatic rings. The Morgan fingerprint density at radius 3 is 2.10 bits per heavy atom. The number of halogens is 1. The van der Waals surface area contributed by atoms with Gasteiger partial charge in [-0.25, -0.2) is 4.79 Å². The van der Waals surface area contributed by atoms with Crippen LogP contribution in [0.2, 0.25) is 0 Å². The van der Waals surface area contributed by atoms with E-state index in [-0.39, 0.29) is 23.9 Å². The van der Waals surface area contributed by atoms with Crippen molar-refractivity contribution in [3.63, 3.8) is 0 Å². The summed E-state index contributed by atoms with van der Waals surface area (Å²) in [6, 6.07) is 12.7. The maximum absolute atomic E-state index is 12.5. The summed E-state index contributed by atoms with van der Waals surface area (Å²) in [5.74, 6) is -3.78. The maximum atomic E-state index is 12.5. The highest BCUT2D eigenvalue weighted by atomic mass is 79.9. The summed E-state index contributed by atoms with van der Waals surface area (Å²) in [5.41, 5.74) is 1.10. The van der Waals surface area contributed by atoms with Gasteiger partial charge < -0.3 is 15.2 Å². The maximum Gasteiger partial charge on any atom is 0.338 e. The van der Waals surface area contributed by atoms with Crippen molar-refractivity contribution in [3.8, 4) is 0 Å². The third-order valence-corrected chi connectivity index (χ3v) is 5.50. The van der Waals surface area contributed by atoms with Gasteiger partial charge in [0.2, 0.25) is 5.91 Å². The van der Waals surface area contributed by atoms with E-state index in [0.29, 0.717) is 24.1 Å². The molecule has 0 fully saturated rings. The van der Waals surface area contributed by atoms with E-state index in [1.54, 1.807) is 36.4 Å². The van der Waals surface area contributed by atoms with Gasteiger partial charge in [0, 0.05) is 15.7 Å². The molecule has 2 N–H and O–H groups in total. The monoisotopic (exact) mass is 485 g/mol. The molecule has 0 saturated heterocycles. The Morgan fingerprint density at radius 2 is 1.48 bits per heavy atom. The molecule has 1 aliphatic carbocycles. The molecule has 0 spiro atoms. The molecule has 0 heterocycles. The molecule has 0 aromatic heterocycles. The zero-order chi connectivity index (χ0) is 22.4. The van der Waals surface area contributed by atoms with Crippen LogP contribution in [0, 0.1) is 11.8 Å². The molecular weight excluding hydrogens is 466 g/mol.